The number of ether oxygens (including phenoxy) is 1. The summed E-state index contributed by atoms with van der Waals surface area (Å²) in [6.45, 7) is 0. The molecule has 0 spiro atoms. The molecule has 0 bridgehead atoms. The summed E-state index contributed by atoms with van der Waals surface area (Å²) in [5.41, 5.74) is 4.25. The molecule has 1 atom stereocenters. The molecule has 0 aliphatic carbocycles. The molecule has 1 aromatic carbocycles. The fourth-order valence-electron chi connectivity index (χ4n) is 1.56. The highest BCUT2D eigenvalue weighted by atomic mass is 35.5. The molecule has 1 aromatic heterocycles. The number of methoxy groups -OCH3 is 1. The third-order valence-electron chi connectivity index (χ3n) is 2.34. The van der Waals surface area contributed by atoms with Crippen molar-refractivity contribution < 1.29 is 4.74 Å². The average molecular weight is 271 g/mol. The van der Waals surface area contributed by atoms with E-state index in [-0.39, 0.29) is 6.04 Å². The molecule has 2 aromatic rings. The lowest BCUT2D eigenvalue weighted by Crippen LogP contribution is -2.29. The first kappa shape index (κ1) is 12.3. The highest BCUT2D eigenvalue weighted by Gasteiger charge is 2.19. The molecule has 90 valence electrons. The van der Waals surface area contributed by atoms with E-state index in [1.807, 2.05) is 0 Å². The number of nitrogens with two attached hydrogens (primary N) is 1. The molecule has 0 radical (unpaired) electrons. The number of benzene rings is 1. The van der Waals surface area contributed by atoms with Gasteiger partial charge in [0.2, 0.25) is 0 Å². The van der Waals surface area contributed by atoms with Gasteiger partial charge in [0.05, 0.1) is 36.8 Å². The van der Waals surface area contributed by atoms with E-state index in [4.69, 9.17) is 22.2 Å². The highest BCUT2D eigenvalue weighted by Crippen LogP contribution is 2.31. The Morgan fingerprint density at radius 3 is 2.94 bits per heavy atom. The van der Waals surface area contributed by atoms with Crippen molar-refractivity contribution >= 4 is 23.3 Å². The van der Waals surface area contributed by atoms with Gasteiger partial charge < -0.3 is 4.74 Å². The monoisotopic (exact) mass is 270 g/mol. The topological polar surface area (TPSA) is 73.1 Å². The van der Waals surface area contributed by atoms with E-state index in [0.29, 0.717) is 10.8 Å². The molecule has 0 saturated carbocycles. The van der Waals surface area contributed by atoms with Crippen LogP contribution in [0.15, 0.2) is 24.4 Å². The molecule has 17 heavy (non-hydrogen) atoms. The normalized spacial score (nSPS) is 12.4. The van der Waals surface area contributed by atoms with Gasteiger partial charge in [-0.25, -0.2) is 5.43 Å². The molecule has 1 unspecified atom stereocenters. The van der Waals surface area contributed by atoms with Crippen LogP contribution in [0.2, 0.25) is 5.02 Å². The van der Waals surface area contributed by atoms with Gasteiger partial charge >= 0.3 is 0 Å². The summed E-state index contributed by atoms with van der Waals surface area (Å²) in [7, 11) is 1.60. The van der Waals surface area contributed by atoms with Gasteiger partial charge in [-0.15, -0.1) is 0 Å². The minimum absolute atomic E-state index is 0.289. The van der Waals surface area contributed by atoms with Gasteiger partial charge in [-0.3, -0.25) is 5.84 Å². The van der Waals surface area contributed by atoms with E-state index in [2.05, 4.69) is 14.2 Å². The standard InChI is InChI=1S/C10H11ClN4OS/c1-16-9-3-2-6(11)4-7(9)10(14-12)8-5-13-17-15-8/h2-5,10,14H,12H2,1H3. The minimum Gasteiger partial charge on any atom is -0.496 e. The van der Waals surface area contributed by atoms with Crippen LogP contribution in [0.25, 0.3) is 0 Å². The van der Waals surface area contributed by atoms with Gasteiger partial charge in [-0.1, -0.05) is 11.6 Å². The van der Waals surface area contributed by atoms with Crippen LogP contribution in [0.3, 0.4) is 0 Å². The highest BCUT2D eigenvalue weighted by molar-refractivity contribution is 6.99. The largest absolute Gasteiger partial charge is 0.496 e. The van der Waals surface area contributed by atoms with Crippen LogP contribution in [0.1, 0.15) is 17.3 Å². The molecule has 2 rings (SSSR count). The Bertz CT molecular complexity index is 491. The van der Waals surface area contributed by atoms with E-state index in [0.717, 1.165) is 23.0 Å². The predicted octanol–water partition coefficient (Wildman–Crippen LogP) is 1.75. The van der Waals surface area contributed by atoms with E-state index < -0.39 is 0 Å². The zero-order valence-electron chi connectivity index (χ0n) is 9.05. The zero-order valence-corrected chi connectivity index (χ0v) is 10.6. The van der Waals surface area contributed by atoms with E-state index in [1.54, 1.807) is 31.5 Å². The van der Waals surface area contributed by atoms with Crippen LogP contribution in [0.4, 0.5) is 0 Å². The fourth-order valence-corrected chi connectivity index (χ4v) is 2.19. The number of aromatic nitrogens is 2. The van der Waals surface area contributed by atoms with Crippen LogP contribution in [-0.4, -0.2) is 15.9 Å². The number of hydrazine groups is 1. The van der Waals surface area contributed by atoms with Crippen molar-refractivity contribution in [1.82, 2.24) is 14.2 Å². The second kappa shape index (κ2) is 5.42. The van der Waals surface area contributed by atoms with Crippen molar-refractivity contribution in [2.45, 2.75) is 6.04 Å². The zero-order chi connectivity index (χ0) is 12.3. The molecule has 0 aliphatic heterocycles. The van der Waals surface area contributed by atoms with E-state index in [9.17, 15) is 0 Å². The maximum absolute atomic E-state index is 5.98. The van der Waals surface area contributed by atoms with Crippen molar-refractivity contribution in [1.29, 1.82) is 0 Å². The van der Waals surface area contributed by atoms with Gasteiger partial charge in [0, 0.05) is 10.6 Å². The second-order valence-corrected chi connectivity index (χ2v) is 4.31. The lowest BCUT2D eigenvalue weighted by atomic mass is 10.0. The number of nitrogens with one attached hydrogen (secondary N) is 1. The number of halogens is 1. The minimum atomic E-state index is -0.289. The number of rotatable bonds is 4. The Balaban J connectivity index is 2.46. The van der Waals surface area contributed by atoms with Crippen LogP contribution >= 0.6 is 23.3 Å². The Kier molecular flexibility index (Phi) is 3.90. The quantitative estimate of drug-likeness (QED) is 0.654. The molecule has 3 N–H and O–H groups in total. The Morgan fingerprint density at radius 2 is 2.35 bits per heavy atom. The SMILES string of the molecule is COc1ccc(Cl)cc1C(NN)c1cnsn1. The van der Waals surface area contributed by atoms with E-state index in [1.165, 1.54) is 0 Å². The molecule has 7 heteroatoms. The molecular formula is C10H11ClN4OS. The van der Waals surface area contributed by atoms with Crippen molar-refractivity contribution in [3.8, 4) is 5.75 Å². The third kappa shape index (κ3) is 2.55. The van der Waals surface area contributed by atoms with Crippen LogP contribution in [0, 0.1) is 0 Å². The molecule has 1 heterocycles. The van der Waals surface area contributed by atoms with Crippen molar-refractivity contribution in [2.24, 2.45) is 5.84 Å². The smallest absolute Gasteiger partial charge is 0.124 e. The summed E-state index contributed by atoms with van der Waals surface area (Å²) in [6, 6.07) is 5.06. The average Bonchev–Trinajstić information content (AvgIpc) is 2.84. The Hall–Kier alpha value is -1.21. The summed E-state index contributed by atoms with van der Waals surface area (Å²) in [4.78, 5) is 0. The van der Waals surface area contributed by atoms with Crippen LogP contribution < -0.4 is 16.0 Å². The van der Waals surface area contributed by atoms with Crippen molar-refractivity contribution in [2.75, 3.05) is 7.11 Å². The molecular weight excluding hydrogens is 260 g/mol. The number of hydrogen-bond acceptors (Lipinski definition) is 6. The van der Waals surface area contributed by atoms with Gasteiger partial charge in [0.25, 0.3) is 0 Å². The van der Waals surface area contributed by atoms with Gasteiger partial charge in [0.15, 0.2) is 0 Å². The Labute approximate surface area is 108 Å². The summed E-state index contributed by atoms with van der Waals surface area (Å²) in [6.07, 6.45) is 1.66. The first-order valence-corrected chi connectivity index (χ1v) is 5.94. The third-order valence-corrected chi connectivity index (χ3v) is 3.07. The number of hydrogen-bond donors (Lipinski definition) is 2. The molecule has 0 fully saturated rings. The summed E-state index contributed by atoms with van der Waals surface area (Å²) in [5.74, 6) is 6.26. The van der Waals surface area contributed by atoms with Crippen molar-refractivity contribution in [3.63, 3.8) is 0 Å². The van der Waals surface area contributed by atoms with Gasteiger partial charge in [-0.2, -0.15) is 8.75 Å². The maximum atomic E-state index is 5.98. The maximum Gasteiger partial charge on any atom is 0.124 e. The van der Waals surface area contributed by atoms with Crippen molar-refractivity contribution in [3.05, 3.63) is 40.7 Å². The van der Waals surface area contributed by atoms with Gasteiger partial charge in [-0.05, 0) is 18.2 Å². The fraction of sp³-hybridized carbons (Fsp3) is 0.200. The molecule has 5 nitrogen and oxygen atoms in total. The molecule has 0 amide bonds. The molecule has 0 saturated heterocycles. The Morgan fingerprint density at radius 1 is 1.53 bits per heavy atom. The predicted molar refractivity (Wildman–Crippen MR) is 67.1 cm³/mol. The molecule has 0 aliphatic rings. The van der Waals surface area contributed by atoms with Crippen LogP contribution in [0.5, 0.6) is 5.75 Å². The summed E-state index contributed by atoms with van der Waals surface area (Å²) >= 11 is 7.10. The van der Waals surface area contributed by atoms with Crippen LogP contribution in [-0.2, 0) is 0 Å². The van der Waals surface area contributed by atoms with E-state index >= 15 is 0 Å². The second-order valence-electron chi connectivity index (χ2n) is 3.32. The number of nitrogens with zero attached hydrogens (tertiary/aromatic N) is 2. The summed E-state index contributed by atoms with van der Waals surface area (Å²) in [5, 5.41) is 0.615. The first-order valence-electron chi connectivity index (χ1n) is 4.83. The first-order chi connectivity index (χ1) is 8.26. The summed E-state index contributed by atoms with van der Waals surface area (Å²) < 4.78 is 13.4. The lowest BCUT2D eigenvalue weighted by Gasteiger charge is -2.17. The van der Waals surface area contributed by atoms with Gasteiger partial charge in [0.1, 0.15) is 5.75 Å². The lowest BCUT2D eigenvalue weighted by molar-refractivity contribution is 0.404.